The second-order valence-electron chi connectivity index (χ2n) is 7.25. The summed E-state index contributed by atoms with van der Waals surface area (Å²) in [7, 11) is 0. The summed E-state index contributed by atoms with van der Waals surface area (Å²) in [5.41, 5.74) is 0.524. The maximum absolute atomic E-state index is 12.5. The summed E-state index contributed by atoms with van der Waals surface area (Å²) in [5.74, 6) is -3.82. The molecule has 0 aliphatic carbocycles. The molecule has 0 bridgehead atoms. The van der Waals surface area contributed by atoms with E-state index in [1.165, 1.54) is 36.4 Å². The number of carbonyl (C=O) groups excluding carboxylic acids is 3. The largest absolute Gasteiger partial charge is 0.483 e. The van der Waals surface area contributed by atoms with Gasteiger partial charge in [-0.2, -0.15) is 8.78 Å². The molecule has 0 saturated carbocycles. The third kappa shape index (κ3) is 7.74. The molecule has 1 saturated heterocycles. The van der Waals surface area contributed by atoms with Crippen molar-refractivity contribution in [3.8, 4) is 5.75 Å². The zero-order valence-electron chi connectivity index (χ0n) is 17.8. The Labute approximate surface area is 194 Å². The summed E-state index contributed by atoms with van der Waals surface area (Å²) >= 11 is 0.413. The number of likely N-dealkylation sites (tertiary alicyclic amines) is 1. The Morgan fingerprint density at radius 2 is 1.67 bits per heavy atom. The number of thioether (sulfide) groups is 1. The highest BCUT2D eigenvalue weighted by Crippen LogP contribution is 2.26. The number of carbonyl (C=O) groups is 3. The Balaban J connectivity index is 1.50. The fourth-order valence-electron chi connectivity index (χ4n) is 3.26. The molecule has 2 aromatic carbocycles. The van der Waals surface area contributed by atoms with Gasteiger partial charge in [0, 0.05) is 23.7 Å². The van der Waals surface area contributed by atoms with Gasteiger partial charge >= 0.3 is 5.97 Å². The number of hydrogen-bond donors (Lipinski definition) is 1. The lowest BCUT2D eigenvalue weighted by Crippen LogP contribution is -2.38. The standard InChI is InChI=1S/C23H24F2N2O5S/c24-23(25)33-17-10-8-16(9-11-17)26-20(28)14-31-19-7-3-2-6-18(19)22(30)32-15-21(29)27-12-4-1-5-13-27/h2-3,6-11,23H,1,4-5,12-15H2,(H,26,28). The second kappa shape index (κ2) is 12.2. The molecule has 33 heavy (non-hydrogen) atoms. The Kier molecular flexibility index (Phi) is 9.05. The van der Waals surface area contributed by atoms with Crippen molar-refractivity contribution in [1.29, 1.82) is 0 Å². The van der Waals surface area contributed by atoms with Gasteiger partial charge in [0.05, 0.1) is 0 Å². The first kappa shape index (κ1) is 24.5. The number of hydrogen-bond acceptors (Lipinski definition) is 6. The van der Waals surface area contributed by atoms with E-state index < -0.39 is 17.6 Å². The maximum atomic E-state index is 12.5. The molecule has 0 unspecified atom stereocenters. The Morgan fingerprint density at radius 3 is 2.36 bits per heavy atom. The molecule has 1 aliphatic rings. The van der Waals surface area contributed by atoms with Crippen LogP contribution in [-0.4, -0.2) is 54.7 Å². The number of para-hydroxylation sites is 1. The molecular weight excluding hydrogens is 454 g/mol. The normalized spacial score (nSPS) is 13.5. The van der Waals surface area contributed by atoms with E-state index in [1.807, 2.05) is 0 Å². The summed E-state index contributed by atoms with van der Waals surface area (Å²) in [6, 6.07) is 12.2. The van der Waals surface area contributed by atoms with Gasteiger partial charge in [-0.25, -0.2) is 4.79 Å². The summed E-state index contributed by atoms with van der Waals surface area (Å²) in [4.78, 5) is 38.9. The van der Waals surface area contributed by atoms with Gasteiger partial charge in [0.15, 0.2) is 13.2 Å². The smallest absolute Gasteiger partial charge is 0.342 e. The fraction of sp³-hybridized carbons (Fsp3) is 0.348. The number of esters is 1. The van der Waals surface area contributed by atoms with Gasteiger partial charge in [-0.3, -0.25) is 9.59 Å². The Morgan fingerprint density at radius 1 is 0.970 bits per heavy atom. The van der Waals surface area contributed by atoms with Crippen LogP contribution in [0.1, 0.15) is 29.6 Å². The molecule has 2 aromatic rings. The number of amides is 2. The minimum atomic E-state index is -2.52. The van der Waals surface area contributed by atoms with Crippen LogP contribution in [0.15, 0.2) is 53.4 Å². The van der Waals surface area contributed by atoms with E-state index in [1.54, 1.807) is 17.0 Å². The molecule has 10 heteroatoms. The fourth-order valence-corrected chi connectivity index (χ4v) is 3.76. The van der Waals surface area contributed by atoms with Crippen LogP contribution in [0.25, 0.3) is 0 Å². The van der Waals surface area contributed by atoms with Crippen LogP contribution in [0.5, 0.6) is 5.75 Å². The summed E-state index contributed by atoms with van der Waals surface area (Å²) in [5, 5.41) is 2.59. The molecule has 0 radical (unpaired) electrons. The van der Waals surface area contributed by atoms with Gasteiger partial charge in [-0.15, -0.1) is 0 Å². The number of rotatable bonds is 9. The average molecular weight is 479 g/mol. The van der Waals surface area contributed by atoms with Crippen LogP contribution in [0.4, 0.5) is 14.5 Å². The van der Waals surface area contributed by atoms with E-state index >= 15 is 0 Å². The first-order valence-electron chi connectivity index (χ1n) is 10.4. The van der Waals surface area contributed by atoms with Crippen LogP contribution in [0.3, 0.4) is 0 Å². The summed E-state index contributed by atoms with van der Waals surface area (Å²) < 4.78 is 35.4. The third-order valence-corrected chi connectivity index (χ3v) is 5.59. The molecule has 0 aromatic heterocycles. The van der Waals surface area contributed by atoms with Gasteiger partial charge in [-0.05, 0) is 55.7 Å². The molecule has 2 amide bonds. The first-order chi connectivity index (χ1) is 15.9. The van der Waals surface area contributed by atoms with Crippen LogP contribution < -0.4 is 10.1 Å². The number of halogens is 2. The lowest BCUT2D eigenvalue weighted by atomic mass is 10.1. The van der Waals surface area contributed by atoms with Crippen LogP contribution in [-0.2, 0) is 14.3 Å². The van der Waals surface area contributed by atoms with E-state index in [0.29, 0.717) is 35.4 Å². The van der Waals surface area contributed by atoms with Gasteiger partial charge in [0.1, 0.15) is 11.3 Å². The highest BCUT2D eigenvalue weighted by Gasteiger charge is 2.20. The second-order valence-corrected chi connectivity index (χ2v) is 8.32. The third-order valence-electron chi connectivity index (χ3n) is 4.86. The molecule has 3 rings (SSSR count). The molecule has 7 nitrogen and oxygen atoms in total. The van der Waals surface area contributed by atoms with Gasteiger partial charge in [0.25, 0.3) is 17.6 Å². The highest BCUT2D eigenvalue weighted by atomic mass is 32.2. The molecule has 1 aliphatic heterocycles. The van der Waals surface area contributed by atoms with Crippen molar-refractivity contribution in [1.82, 2.24) is 4.90 Å². The number of alkyl halides is 2. The van der Waals surface area contributed by atoms with Gasteiger partial charge in [0.2, 0.25) is 0 Å². The topological polar surface area (TPSA) is 84.9 Å². The number of ether oxygens (including phenoxy) is 2. The monoisotopic (exact) mass is 478 g/mol. The number of nitrogens with zero attached hydrogens (tertiary/aromatic N) is 1. The predicted molar refractivity (Wildman–Crippen MR) is 120 cm³/mol. The zero-order chi connectivity index (χ0) is 23.6. The number of anilines is 1. The molecule has 1 fully saturated rings. The van der Waals surface area contributed by atoms with Crippen molar-refractivity contribution in [3.63, 3.8) is 0 Å². The van der Waals surface area contributed by atoms with E-state index in [4.69, 9.17) is 9.47 Å². The molecule has 0 atom stereocenters. The van der Waals surface area contributed by atoms with Crippen LogP contribution in [0.2, 0.25) is 0 Å². The van der Waals surface area contributed by atoms with Crippen molar-refractivity contribution < 1.29 is 32.6 Å². The number of benzene rings is 2. The molecule has 176 valence electrons. The summed E-state index contributed by atoms with van der Waals surface area (Å²) in [6.45, 7) is 0.593. The van der Waals surface area contributed by atoms with Gasteiger partial charge in [-0.1, -0.05) is 23.9 Å². The van der Waals surface area contributed by atoms with Crippen LogP contribution >= 0.6 is 11.8 Å². The Bertz CT molecular complexity index is 966. The number of nitrogens with one attached hydrogen (secondary N) is 1. The lowest BCUT2D eigenvalue weighted by Gasteiger charge is -2.26. The average Bonchev–Trinajstić information content (AvgIpc) is 2.82. The Hall–Kier alpha value is -3.14. The summed E-state index contributed by atoms with van der Waals surface area (Å²) in [6.07, 6.45) is 2.97. The van der Waals surface area contributed by atoms with E-state index in [0.717, 1.165) is 19.3 Å². The lowest BCUT2D eigenvalue weighted by molar-refractivity contribution is -0.135. The molecule has 0 spiro atoms. The van der Waals surface area contributed by atoms with Crippen LogP contribution in [0, 0.1) is 0 Å². The predicted octanol–water partition coefficient (Wildman–Crippen LogP) is 4.19. The van der Waals surface area contributed by atoms with Crippen molar-refractivity contribution in [2.45, 2.75) is 29.9 Å². The molecule has 1 N–H and O–H groups in total. The first-order valence-corrected chi connectivity index (χ1v) is 11.3. The van der Waals surface area contributed by atoms with Crippen molar-refractivity contribution >= 4 is 35.2 Å². The highest BCUT2D eigenvalue weighted by molar-refractivity contribution is 7.99. The van der Waals surface area contributed by atoms with Crippen molar-refractivity contribution in [2.24, 2.45) is 0 Å². The van der Waals surface area contributed by atoms with Gasteiger partial charge < -0.3 is 19.7 Å². The van der Waals surface area contributed by atoms with E-state index in [-0.39, 0.29) is 30.4 Å². The minimum absolute atomic E-state index is 0.102. The minimum Gasteiger partial charge on any atom is -0.483 e. The zero-order valence-corrected chi connectivity index (χ0v) is 18.6. The number of piperidine rings is 1. The SMILES string of the molecule is O=C(COc1ccccc1C(=O)OCC(=O)N1CCCCC1)Nc1ccc(SC(F)F)cc1. The quantitative estimate of drug-likeness (QED) is 0.430. The van der Waals surface area contributed by atoms with Crippen molar-refractivity contribution in [3.05, 3.63) is 54.1 Å². The maximum Gasteiger partial charge on any atom is 0.342 e. The molecular formula is C23H24F2N2O5S. The van der Waals surface area contributed by atoms with E-state index in [9.17, 15) is 23.2 Å². The van der Waals surface area contributed by atoms with Crippen molar-refractivity contribution in [2.75, 3.05) is 31.6 Å². The molecule has 1 heterocycles. The van der Waals surface area contributed by atoms with E-state index in [2.05, 4.69) is 5.32 Å².